The molecule has 0 amide bonds. The molecule has 0 atom stereocenters. The lowest BCUT2D eigenvalue weighted by Gasteiger charge is -1.74. The van der Waals surface area contributed by atoms with Crippen LogP contribution in [-0.2, 0) is 19.2 Å². The van der Waals surface area contributed by atoms with E-state index in [1.807, 2.05) is 31.2 Å². The van der Waals surface area contributed by atoms with Crippen LogP contribution < -0.4 is 0 Å². The molecule has 4 heteroatoms. The maximum absolute atomic E-state index is 10.3. The molecular weight excluding hydrogens is 352 g/mol. The van der Waals surface area contributed by atoms with Crippen molar-refractivity contribution >= 4 is 24.6 Å². The molecule has 0 aliphatic heterocycles. The summed E-state index contributed by atoms with van der Waals surface area (Å²) in [6.45, 7) is 10.7. The molecule has 0 aromatic carbocycles. The van der Waals surface area contributed by atoms with Crippen molar-refractivity contribution < 1.29 is 19.2 Å². The standard InChI is InChI=1S/C8H12O.C7H10O.C5H6O.C4H6O/c1-3-4-5-6-7-8(2)9;1-2-3-4-5-6-7-8;1-2-3-4-5-6;1-2-3-4-5/h4-7H,3H2,1-2H3;3-7H,2H2,1H3;3,5H,1,4H2;2-4H,1H3/b5-4+,7-6+;4-3+,6-5+;;3-2+. The molecule has 0 bridgehead atoms. The minimum atomic E-state index is 0.0933. The molecule has 0 heterocycles. The van der Waals surface area contributed by atoms with Crippen molar-refractivity contribution in [3.8, 4) is 0 Å². The highest BCUT2D eigenvalue weighted by molar-refractivity contribution is 5.87. The van der Waals surface area contributed by atoms with E-state index in [-0.39, 0.29) is 5.78 Å². The summed E-state index contributed by atoms with van der Waals surface area (Å²) in [5.41, 5.74) is 2.46. The van der Waals surface area contributed by atoms with Crippen molar-refractivity contribution in [2.45, 2.75) is 47.0 Å². The average molecular weight is 387 g/mol. The Morgan fingerprint density at radius 3 is 1.68 bits per heavy atom. The van der Waals surface area contributed by atoms with Gasteiger partial charge >= 0.3 is 0 Å². The molecule has 0 aliphatic rings. The van der Waals surface area contributed by atoms with Gasteiger partial charge < -0.3 is 4.79 Å². The molecule has 0 saturated carbocycles. The Labute approximate surface area is 170 Å². The molecule has 28 heavy (non-hydrogen) atoms. The van der Waals surface area contributed by atoms with Gasteiger partial charge in [-0.3, -0.25) is 14.4 Å². The second kappa shape index (κ2) is 39.1. The molecule has 154 valence electrons. The molecule has 0 saturated heterocycles. The number of allylic oxidation sites excluding steroid dienone is 11. The highest BCUT2D eigenvalue weighted by Gasteiger charge is 1.75. The Morgan fingerprint density at radius 2 is 1.39 bits per heavy atom. The summed E-state index contributed by atoms with van der Waals surface area (Å²) < 4.78 is 0. The zero-order valence-corrected chi connectivity index (χ0v) is 17.5. The van der Waals surface area contributed by atoms with Crippen LogP contribution in [0.2, 0.25) is 0 Å². The smallest absolute Gasteiger partial charge is 0.152 e. The van der Waals surface area contributed by atoms with Crippen LogP contribution in [0.5, 0.6) is 0 Å². The predicted molar refractivity (Wildman–Crippen MR) is 119 cm³/mol. The summed E-state index contributed by atoms with van der Waals surface area (Å²) in [7, 11) is 0. The number of hydrogen-bond acceptors (Lipinski definition) is 4. The first-order valence-corrected chi connectivity index (χ1v) is 8.97. The molecular formula is C24H34O4. The Morgan fingerprint density at radius 1 is 0.857 bits per heavy atom. The molecule has 0 aromatic rings. The summed E-state index contributed by atoms with van der Waals surface area (Å²) in [5.74, 6) is 0.0933. The predicted octanol–water partition coefficient (Wildman–Crippen LogP) is 5.48. The number of carbonyl (C=O) groups excluding carboxylic acids is 4. The SMILES string of the molecule is C/C=C/C=O.C=C=CCC=O.CC/C=C/C=C/C(C)=O.CC/C=C/C=C/C=O. The van der Waals surface area contributed by atoms with Crippen LogP contribution in [0.4, 0.5) is 0 Å². The summed E-state index contributed by atoms with van der Waals surface area (Å²) in [6, 6.07) is 0. The Balaban J connectivity index is -0.000000141. The third kappa shape index (κ3) is 66.0. The summed E-state index contributed by atoms with van der Waals surface area (Å²) in [6.07, 6.45) is 23.7. The lowest BCUT2D eigenvalue weighted by Crippen LogP contribution is -1.77. The fourth-order valence-corrected chi connectivity index (χ4v) is 0.940. The molecule has 0 aromatic heterocycles. The lowest BCUT2D eigenvalue weighted by atomic mass is 10.3. The van der Waals surface area contributed by atoms with Gasteiger partial charge in [0.15, 0.2) is 5.78 Å². The monoisotopic (exact) mass is 386 g/mol. The second-order valence-electron chi connectivity index (χ2n) is 4.64. The van der Waals surface area contributed by atoms with E-state index >= 15 is 0 Å². The zero-order valence-electron chi connectivity index (χ0n) is 17.5. The minimum Gasteiger partial charge on any atom is -0.303 e. The second-order valence-corrected chi connectivity index (χ2v) is 4.64. The fraction of sp³-hybridized carbons (Fsp3) is 0.292. The molecule has 0 spiro atoms. The van der Waals surface area contributed by atoms with Gasteiger partial charge in [-0.05, 0) is 51.0 Å². The molecule has 0 rings (SSSR count). The largest absolute Gasteiger partial charge is 0.303 e. The quantitative estimate of drug-likeness (QED) is 0.228. The molecule has 4 nitrogen and oxygen atoms in total. The molecule has 0 unspecified atom stereocenters. The van der Waals surface area contributed by atoms with Gasteiger partial charge in [-0.25, -0.2) is 0 Å². The third-order valence-corrected chi connectivity index (χ3v) is 2.12. The van der Waals surface area contributed by atoms with Gasteiger partial charge in [-0.2, -0.15) is 0 Å². The lowest BCUT2D eigenvalue weighted by molar-refractivity contribution is -0.112. The van der Waals surface area contributed by atoms with Crippen molar-refractivity contribution in [2.75, 3.05) is 0 Å². The van der Waals surface area contributed by atoms with Crippen molar-refractivity contribution in [1.29, 1.82) is 0 Å². The minimum absolute atomic E-state index is 0.0933. The first-order chi connectivity index (χ1) is 13.5. The van der Waals surface area contributed by atoms with Crippen LogP contribution >= 0.6 is 0 Å². The highest BCUT2D eigenvalue weighted by Crippen LogP contribution is 1.81. The van der Waals surface area contributed by atoms with E-state index in [0.717, 1.165) is 31.7 Å². The zero-order chi connectivity index (χ0) is 22.3. The van der Waals surface area contributed by atoms with Crippen molar-refractivity contribution in [1.82, 2.24) is 0 Å². The van der Waals surface area contributed by atoms with E-state index in [1.54, 1.807) is 37.3 Å². The first-order valence-electron chi connectivity index (χ1n) is 8.97. The van der Waals surface area contributed by atoms with E-state index < -0.39 is 0 Å². The summed E-state index contributed by atoms with van der Waals surface area (Å²) >= 11 is 0. The van der Waals surface area contributed by atoms with Crippen LogP contribution in [-0.4, -0.2) is 24.6 Å². The number of ketones is 1. The van der Waals surface area contributed by atoms with Gasteiger partial charge in [0, 0.05) is 6.42 Å². The molecule has 0 aliphatic carbocycles. The maximum atomic E-state index is 10.3. The van der Waals surface area contributed by atoms with Crippen LogP contribution in [0.15, 0.2) is 79.1 Å². The van der Waals surface area contributed by atoms with Crippen LogP contribution in [0.25, 0.3) is 0 Å². The number of carbonyl (C=O) groups is 4. The Bertz CT molecular complexity index is 555. The topological polar surface area (TPSA) is 68.3 Å². The summed E-state index contributed by atoms with van der Waals surface area (Å²) in [5, 5.41) is 0. The molecule has 0 fully saturated rings. The number of aldehydes is 3. The number of rotatable bonds is 9. The maximum Gasteiger partial charge on any atom is 0.152 e. The first kappa shape index (κ1) is 32.6. The number of hydrogen-bond donors (Lipinski definition) is 0. The average Bonchev–Trinajstić information content (AvgIpc) is 2.69. The van der Waals surface area contributed by atoms with Gasteiger partial charge in [0.2, 0.25) is 0 Å². The van der Waals surface area contributed by atoms with E-state index in [4.69, 9.17) is 0 Å². The fourth-order valence-electron chi connectivity index (χ4n) is 0.940. The van der Waals surface area contributed by atoms with Gasteiger partial charge in [-0.1, -0.05) is 63.0 Å². The molecule has 0 radical (unpaired) electrons. The normalized spacial score (nSPS) is 9.71. The Kier molecular flexibility index (Phi) is 45.5. The third-order valence-electron chi connectivity index (χ3n) is 2.12. The molecule has 0 N–H and O–H groups in total. The van der Waals surface area contributed by atoms with Gasteiger partial charge in [0.1, 0.15) is 18.9 Å². The van der Waals surface area contributed by atoms with E-state index in [2.05, 4.69) is 19.2 Å². The van der Waals surface area contributed by atoms with E-state index in [1.165, 1.54) is 19.1 Å². The van der Waals surface area contributed by atoms with Crippen molar-refractivity contribution in [3.63, 3.8) is 0 Å². The Hall–Kier alpha value is -3.10. The van der Waals surface area contributed by atoms with E-state index in [0.29, 0.717) is 6.42 Å². The van der Waals surface area contributed by atoms with Crippen molar-refractivity contribution in [2.24, 2.45) is 0 Å². The highest BCUT2D eigenvalue weighted by atomic mass is 16.1. The van der Waals surface area contributed by atoms with Crippen molar-refractivity contribution in [3.05, 3.63) is 79.1 Å². The van der Waals surface area contributed by atoms with E-state index in [9.17, 15) is 19.2 Å². The van der Waals surface area contributed by atoms with Crippen LogP contribution in [0.3, 0.4) is 0 Å². The van der Waals surface area contributed by atoms with Gasteiger partial charge in [0.05, 0.1) is 0 Å². The van der Waals surface area contributed by atoms with Gasteiger partial charge in [0.25, 0.3) is 0 Å². The summed E-state index contributed by atoms with van der Waals surface area (Å²) in [4.78, 5) is 38.7. The van der Waals surface area contributed by atoms with Gasteiger partial charge in [-0.15, -0.1) is 5.73 Å². The van der Waals surface area contributed by atoms with Crippen LogP contribution in [0, 0.1) is 0 Å². The van der Waals surface area contributed by atoms with Crippen LogP contribution in [0.1, 0.15) is 47.0 Å².